The second-order valence-corrected chi connectivity index (χ2v) is 5.63. The number of ether oxygens (including phenoxy) is 1. The van der Waals surface area contributed by atoms with Crippen LogP contribution in [0.4, 0.5) is 0 Å². The van der Waals surface area contributed by atoms with Crippen LogP contribution >= 0.6 is 0 Å². The van der Waals surface area contributed by atoms with Gasteiger partial charge in [-0.25, -0.2) is 0 Å². The second kappa shape index (κ2) is 10.8. The van der Waals surface area contributed by atoms with Crippen LogP contribution in [0, 0.1) is 0 Å². The quantitative estimate of drug-likeness (QED) is 0.547. The largest absolute Gasteiger partial charge is 0.385 e. The fraction of sp³-hybridized carbons (Fsp3) is 1.00. The van der Waals surface area contributed by atoms with Crippen molar-refractivity contribution in [2.45, 2.75) is 64.3 Å². The number of hydrogen-bond donors (Lipinski definition) is 1. The minimum atomic E-state index is 0.153. The van der Waals surface area contributed by atoms with E-state index in [1.165, 1.54) is 38.5 Å². The van der Waals surface area contributed by atoms with E-state index in [0.29, 0.717) is 0 Å². The molecule has 1 atom stereocenters. The van der Waals surface area contributed by atoms with Crippen molar-refractivity contribution in [3.63, 3.8) is 0 Å². The molecule has 3 nitrogen and oxygen atoms in total. The topological polar surface area (TPSA) is 38.5 Å². The maximum Gasteiger partial charge on any atom is 0.0474 e. The molecule has 0 aliphatic heterocycles. The highest BCUT2D eigenvalue weighted by molar-refractivity contribution is 4.85. The summed E-state index contributed by atoms with van der Waals surface area (Å²) in [5.74, 6) is 0. The number of methoxy groups -OCH3 is 1. The van der Waals surface area contributed by atoms with Crippen molar-refractivity contribution in [3.05, 3.63) is 0 Å². The molecule has 0 fully saturated rings. The highest BCUT2D eigenvalue weighted by Crippen LogP contribution is 2.21. The molecule has 0 amide bonds. The van der Waals surface area contributed by atoms with Gasteiger partial charge in [0.05, 0.1) is 0 Å². The van der Waals surface area contributed by atoms with Gasteiger partial charge in [-0.3, -0.25) is 4.90 Å². The molecule has 0 saturated carbocycles. The summed E-state index contributed by atoms with van der Waals surface area (Å²) in [7, 11) is 3.95. The van der Waals surface area contributed by atoms with Crippen LogP contribution in [0.3, 0.4) is 0 Å². The molecular weight excluding hydrogens is 224 g/mol. The molecule has 2 N–H and O–H groups in total. The first kappa shape index (κ1) is 17.9. The number of hydrogen-bond acceptors (Lipinski definition) is 3. The smallest absolute Gasteiger partial charge is 0.0474 e. The van der Waals surface area contributed by atoms with Crippen molar-refractivity contribution >= 4 is 0 Å². The molecule has 0 bridgehead atoms. The summed E-state index contributed by atoms with van der Waals surface area (Å²) in [6.07, 6.45) is 8.96. The molecule has 110 valence electrons. The lowest BCUT2D eigenvalue weighted by atomic mass is 9.92. The van der Waals surface area contributed by atoms with Crippen LogP contribution in [0.25, 0.3) is 0 Å². The van der Waals surface area contributed by atoms with Gasteiger partial charge in [0.2, 0.25) is 0 Å². The monoisotopic (exact) mass is 258 g/mol. The molecular formula is C15H34N2O. The third-order valence-corrected chi connectivity index (χ3v) is 4.02. The molecule has 0 aromatic carbocycles. The molecule has 0 aliphatic rings. The molecule has 0 saturated heterocycles. The number of nitrogens with two attached hydrogens (primary N) is 1. The Balaban J connectivity index is 3.91. The number of unbranched alkanes of at least 4 members (excludes halogenated alkanes) is 4. The highest BCUT2D eigenvalue weighted by atomic mass is 16.5. The molecule has 0 rings (SSSR count). The van der Waals surface area contributed by atoms with E-state index in [0.717, 1.165) is 26.1 Å². The molecule has 0 heterocycles. The van der Waals surface area contributed by atoms with Gasteiger partial charge in [-0.15, -0.1) is 0 Å². The van der Waals surface area contributed by atoms with E-state index in [-0.39, 0.29) is 5.54 Å². The zero-order chi connectivity index (χ0) is 13.9. The van der Waals surface area contributed by atoms with Crippen LogP contribution in [-0.4, -0.2) is 44.3 Å². The molecule has 3 heteroatoms. The third-order valence-electron chi connectivity index (χ3n) is 4.02. The molecule has 0 spiro atoms. The van der Waals surface area contributed by atoms with E-state index < -0.39 is 0 Å². The highest BCUT2D eigenvalue weighted by Gasteiger charge is 2.26. The molecule has 0 aromatic heterocycles. The van der Waals surface area contributed by atoms with E-state index in [1.54, 1.807) is 7.11 Å². The lowest BCUT2D eigenvalue weighted by molar-refractivity contribution is 0.110. The average Bonchev–Trinajstić information content (AvgIpc) is 2.38. The Bertz CT molecular complexity index is 187. The fourth-order valence-corrected chi connectivity index (χ4v) is 2.27. The predicted molar refractivity (Wildman–Crippen MR) is 80.0 cm³/mol. The van der Waals surface area contributed by atoms with Crippen LogP contribution in [0.1, 0.15) is 58.8 Å². The van der Waals surface area contributed by atoms with Crippen molar-refractivity contribution < 1.29 is 4.74 Å². The maximum absolute atomic E-state index is 5.98. The number of likely N-dealkylation sites (N-methyl/N-ethyl adjacent to an activating group) is 1. The normalized spacial score (nSPS) is 15.0. The standard InChI is InChI=1S/C15H34N2O/c1-5-6-7-8-9-11-15(2,14-16)17(3)12-10-13-18-4/h5-14,16H2,1-4H3. The fourth-order valence-electron chi connectivity index (χ4n) is 2.27. The van der Waals surface area contributed by atoms with E-state index in [1.807, 2.05) is 0 Å². The lowest BCUT2D eigenvalue weighted by Crippen LogP contribution is -2.50. The van der Waals surface area contributed by atoms with E-state index in [9.17, 15) is 0 Å². The van der Waals surface area contributed by atoms with Gasteiger partial charge in [0.1, 0.15) is 0 Å². The lowest BCUT2D eigenvalue weighted by Gasteiger charge is -2.38. The van der Waals surface area contributed by atoms with Gasteiger partial charge in [0.15, 0.2) is 0 Å². The summed E-state index contributed by atoms with van der Waals surface area (Å²) in [5.41, 5.74) is 6.13. The van der Waals surface area contributed by atoms with Crippen molar-refractivity contribution in [1.29, 1.82) is 0 Å². The molecule has 0 radical (unpaired) electrons. The predicted octanol–water partition coefficient (Wildman–Crippen LogP) is 3.03. The van der Waals surface area contributed by atoms with Gasteiger partial charge in [0.25, 0.3) is 0 Å². The Morgan fingerprint density at radius 3 is 2.33 bits per heavy atom. The van der Waals surface area contributed by atoms with Crippen molar-refractivity contribution in [2.75, 3.05) is 33.9 Å². The Morgan fingerprint density at radius 2 is 1.78 bits per heavy atom. The van der Waals surface area contributed by atoms with Crippen molar-refractivity contribution in [3.8, 4) is 0 Å². The van der Waals surface area contributed by atoms with Gasteiger partial charge in [0, 0.05) is 32.3 Å². The Hall–Kier alpha value is -0.120. The molecule has 18 heavy (non-hydrogen) atoms. The minimum Gasteiger partial charge on any atom is -0.385 e. The van der Waals surface area contributed by atoms with Crippen molar-refractivity contribution in [1.82, 2.24) is 4.90 Å². The second-order valence-electron chi connectivity index (χ2n) is 5.63. The summed E-state index contributed by atoms with van der Waals surface area (Å²) in [6, 6.07) is 0. The minimum absolute atomic E-state index is 0.153. The van der Waals surface area contributed by atoms with Gasteiger partial charge >= 0.3 is 0 Å². The zero-order valence-corrected chi connectivity index (χ0v) is 13.0. The van der Waals surface area contributed by atoms with Gasteiger partial charge in [-0.1, -0.05) is 39.0 Å². The maximum atomic E-state index is 5.98. The zero-order valence-electron chi connectivity index (χ0n) is 13.0. The summed E-state index contributed by atoms with van der Waals surface area (Å²) in [5, 5.41) is 0. The molecule has 0 aromatic rings. The number of nitrogens with zero attached hydrogens (tertiary/aromatic N) is 1. The first-order valence-electron chi connectivity index (χ1n) is 7.51. The summed E-state index contributed by atoms with van der Waals surface area (Å²) >= 11 is 0. The van der Waals surface area contributed by atoms with Gasteiger partial charge in [-0.2, -0.15) is 0 Å². The summed E-state index contributed by atoms with van der Waals surface area (Å²) in [4.78, 5) is 2.41. The van der Waals surface area contributed by atoms with Gasteiger partial charge in [-0.05, 0) is 26.8 Å². The Morgan fingerprint density at radius 1 is 1.11 bits per heavy atom. The van der Waals surface area contributed by atoms with Crippen LogP contribution in [0.2, 0.25) is 0 Å². The number of rotatable bonds is 12. The first-order chi connectivity index (χ1) is 8.60. The van der Waals surface area contributed by atoms with E-state index >= 15 is 0 Å². The Labute approximate surface area is 114 Å². The van der Waals surface area contributed by atoms with Crippen LogP contribution in [0.15, 0.2) is 0 Å². The summed E-state index contributed by atoms with van der Waals surface area (Å²) < 4.78 is 5.11. The molecule has 0 aliphatic carbocycles. The van der Waals surface area contributed by atoms with Gasteiger partial charge < -0.3 is 10.5 Å². The van der Waals surface area contributed by atoms with Crippen LogP contribution in [-0.2, 0) is 4.74 Å². The average molecular weight is 258 g/mol. The van der Waals surface area contributed by atoms with Crippen LogP contribution < -0.4 is 5.73 Å². The summed E-state index contributed by atoms with van der Waals surface area (Å²) in [6.45, 7) is 7.19. The van der Waals surface area contributed by atoms with E-state index in [4.69, 9.17) is 10.5 Å². The van der Waals surface area contributed by atoms with E-state index in [2.05, 4.69) is 25.8 Å². The first-order valence-corrected chi connectivity index (χ1v) is 7.51. The van der Waals surface area contributed by atoms with Crippen molar-refractivity contribution in [2.24, 2.45) is 5.73 Å². The third kappa shape index (κ3) is 7.34. The SMILES string of the molecule is CCCCCCCC(C)(CN)N(C)CCCOC. The molecule has 1 unspecified atom stereocenters. The van der Waals surface area contributed by atoms with Crippen LogP contribution in [0.5, 0.6) is 0 Å². The Kier molecular flexibility index (Phi) is 10.7.